The van der Waals surface area contributed by atoms with Crippen molar-refractivity contribution in [3.63, 3.8) is 0 Å². The molecule has 0 atom stereocenters. The van der Waals surface area contributed by atoms with Crippen molar-refractivity contribution in [2.45, 2.75) is 13.3 Å². The Morgan fingerprint density at radius 2 is 2.14 bits per heavy atom. The topological polar surface area (TPSA) is 41.5 Å². The highest BCUT2D eigenvalue weighted by molar-refractivity contribution is 5.56. The summed E-state index contributed by atoms with van der Waals surface area (Å²) in [6.07, 6.45) is 0.750. The van der Waals surface area contributed by atoms with E-state index in [2.05, 4.69) is 5.32 Å². The molecule has 0 saturated carbocycles. The lowest BCUT2D eigenvalue weighted by molar-refractivity contribution is 0.292. The minimum absolute atomic E-state index is 0.212. The van der Waals surface area contributed by atoms with E-state index in [-0.39, 0.29) is 6.61 Å². The number of aliphatic hydroxyl groups excluding tert-OH is 1. The minimum atomic E-state index is 0.212. The van der Waals surface area contributed by atoms with Crippen LogP contribution in [0.5, 0.6) is 5.75 Å². The molecule has 0 bridgehead atoms. The molecule has 0 amide bonds. The molecule has 0 heterocycles. The summed E-state index contributed by atoms with van der Waals surface area (Å²) in [6.45, 7) is 3.60. The van der Waals surface area contributed by atoms with E-state index in [0.717, 1.165) is 24.4 Å². The van der Waals surface area contributed by atoms with Gasteiger partial charge >= 0.3 is 0 Å². The lowest BCUT2D eigenvalue weighted by Gasteiger charge is -2.11. The Kier molecular flexibility index (Phi) is 4.86. The zero-order valence-corrected chi connectivity index (χ0v) is 8.49. The van der Waals surface area contributed by atoms with Crippen LogP contribution in [0.3, 0.4) is 0 Å². The van der Waals surface area contributed by atoms with Crippen molar-refractivity contribution < 1.29 is 9.84 Å². The van der Waals surface area contributed by atoms with Gasteiger partial charge in [-0.05, 0) is 25.5 Å². The zero-order valence-electron chi connectivity index (χ0n) is 8.49. The minimum Gasteiger partial charge on any atom is -0.492 e. The van der Waals surface area contributed by atoms with Gasteiger partial charge in [0.1, 0.15) is 5.75 Å². The molecule has 0 fully saturated rings. The van der Waals surface area contributed by atoms with Crippen LogP contribution in [0.1, 0.15) is 13.3 Å². The lowest BCUT2D eigenvalue weighted by atomic mass is 10.3. The summed E-state index contributed by atoms with van der Waals surface area (Å²) < 4.78 is 5.44. The Bertz CT molecular complexity index is 263. The largest absolute Gasteiger partial charge is 0.492 e. The summed E-state index contributed by atoms with van der Waals surface area (Å²) in [5.74, 6) is 0.868. The molecule has 3 heteroatoms. The molecule has 0 aliphatic rings. The van der Waals surface area contributed by atoms with Crippen LogP contribution in [0.2, 0.25) is 0 Å². The van der Waals surface area contributed by atoms with E-state index in [1.54, 1.807) is 0 Å². The van der Waals surface area contributed by atoms with Crippen molar-refractivity contribution in [3.05, 3.63) is 24.3 Å². The van der Waals surface area contributed by atoms with E-state index in [0.29, 0.717) is 6.61 Å². The van der Waals surface area contributed by atoms with Gasteiger partial charge in [0.2, 0.25) is 0 Å². The quantitative estimate of drug-likeness (QED) is 0.681. The monoisotopic (exact) mass is 195 g/mol. The highest BCUT2D eigenvalue weighted by Gasteiger charge is 1.99. The number of anilines is 1. The predicted octanol–water partition coefficient (Wildman–Crippen LogP) is 1.88. The molecule has 14 heavy (non-hydrogen) atoms. The average molecular weight is 195 g/mol. The Morgan fingerprint density at radius 1 is 1.36 bits per heavy atom. The maximum atomic E-state index is 8.65. The lowest BCUT2D eigenvalue weighted by Crippen LogP contribution is -2.05. The normalized spacial score (nSPS) is 9.86. The van der Waals surface area contributed by atoms with Crippen LogP contribution in [0, 0.1) is 0 Å². The molecule has 78 valence electrons. The van der Waals surface area contributed by atoms with Crippen molar-refractivity contribution in [2.75, 3.05) is 25.1 Å². The SMILES string of the molecule is CCOc1ccccc1NCCCO. The summed E-state index contributed by atoms with van der Waals surface area (Å²) in [5.41, 5.74) is 0.989. The second kappa shape index (κ2) is 6.27. The first-order valence-corrected chi connectivity index (χ1v) is 4.95. The number of rotatable bonds is 6. The van der Waals surface area contributed by atoms with Crippen LogP contribution in [0.25, 0.3) is 0 Å². The number of benzene rings is 1. The smallest absolute Gasteiger partial charge is 0.142 e. The fraction of sp³-hybridized carbons (Fsp3) is 0.455. The highest BCUT2D eigenvalue weighted by atomic mass is 16.5. The molecule has 1 rings (SSSR count). The van der Waals surface area contributed by atoms with Gasteiger partial charge < -0.3 is 15.2 Å². The Balaban J connectivity index is 2.55. The first kappa shape index (κ1) is 10.9. The third kappa shape index (κ3) is 3.26. The number of aliphatic hydroxyl groups is 1. The number of ether oxygens (including phenoxy) is 1. The number of para-hydroxylation sites is 2. The number of nitrogens with one attached hydrogen (secondary N) is 1. The Morgan fingerprint density at radius 3 is 2.86 bits per heavy atom. The van der Waals surface area contributed by atoms with Gasteiger partial charge in [0.15, 0.2) is 0 Å². The molecule has 2 N–H and O–H groups in total. The number of hydrogen-bond acceptors (Lipinski definition) is 3. The van der Waals surface area contributed by atoms with E-state index in [1.165, 1.54) is 0 Å². The van der Waals surface area contributed by atoms with Crippen molar-refractivity contribution in [2.24, 2.45) is 0 Å². The van der Waals surface area contributed by atoms with Crippen molar-refractivity contribution >= 4 is 5.69 Å². The van der Waals surface area contributed by atoms with Crippen molar-refractivity contribution in [1.82, 2.24) is 0 Å². The Labute approximate surface area is 84.7 Å². The highest BCUT2D eigenvalue weighted by Crippen LogP contribution is 2.23. The van der Waals surface area contributed by atoms with Gasteiger partial charge in [-0.1, -0.05) is 12.1 Å². The predicted molar refractivity (Wildman–Crippen MR) is 57.8 cm³/mol. The second-order valence-corrected chi connectivity index (χ2v) is 2.93. The van der Waals surface area contributed by atoms with Crippen LogP contribution in [-0.4, -0.2) is 24.9 Å². The average Bonchev–Trinajstić information content (AvgIpc) is 2.21. The van der Waals surface area contributed by atoms with Crippen LogP contribution in [0.15, 0.2) is 24.3 Å². The van der Waals surface area contributed by atoms with Crippen LogP contribution >= 0.6 is 0 Å². The first-order chi connectivity index (χ1) is 6.88. The van der Waals surface area contributed by atoms with Gasteiger partial charge in [-0.25, -0.2) is 0 Å². The summed E-state index contributed by atoms with van der Waals surface area (Å²) in [7, 11) is 0. The zero-order chi connectivity index (χ0) is 10.2. The molecule has 0 aromatic heterocycles. The molecule has 3 nitrogen and oxygen atoms in total. The fourth-order valence-electron chi connectivity index (χ4n) is 1.20. The molecule has 1 aromatic rings. The van der Waals surface area contributed by atoms with Gasteiger partial charge in [-0.2, -0.15) is 0 Å². The van der Waals surface area contributed by atoms with E-state index in [1.807, 2.05) is 31.2 Å². The van der Waals surface area contributed by atoms with Crippen LogP contribution in [0.4, 0.5) is 5.69 Å². The van der Waals surface area contributed by atoms with E-state index >= 15 is 0 Å². The number of hydrogen-bond donors (Lipinski definition) is 2. The Hall–Kier alpha value is -1.22. The van der Waals surface area contributed by atoms with Crippen LogP contribution in [-0.2, 0) is 0 Å². The standard InChI is InChI=1S/C11H17NO2/c1-2-14-11-7-4-3-6-10(11)12-8-5-9-13/h3-4,6-7,12-13H,2,5,8-9H2,1H3. The third-order valence-electron chi connectivity index (χ3n) is 1.84. The van der Waals surface area contributed by atoms with Gasteiger partial charge in [-0.15, -0.1) is 0 Å². The maximum Gasteiger partial charge on any atom is 0.142 e. The van der Waals surface area contributed by atoms with E-state index in [4.69, 9.17) is 9.84 Å². The van der Waals surface area contributed by atoms with Crippen LogP contribution < -0.4 is 10.1 Å². The van der Waals surface area contributed by atoms with Crippen molar-refractivity contribution in [1.29, 1.82) is 0 Å². The molecule has 0 radical (unpaired) electrons. The summed E-state index contributed by atoms with van der Waals surface area (Å²) >= 11 is 0. The summed E-state index contributed by atoms with van der Waals surface area (Å²) in [4.78, 5) is 0. The van der Waals surface area contributed by atoms with Gasteiger partial charge in [-0.3, -0.25) is 0 Å². The van der Waals surface area contributed by atoms with Gasteiger partial charge in [0.05, 0.1) is 12.3 Å². The summed E-state index contributed by atoms with van der Waals surface area (Å²) in [6, 6.07) is 7.82. The molecular formula is C11H17NO2. The molecule has 1 aromatic carbocycles. The molecule has 0 aliphatic heterocycles. The maximum absolute atomic E-state index is 8.65. The van der Waals surface area contributed by atoms with Gasteiger partial charge in [0, 0.05) is 13.2 Å². The molecule has 0 unspecified atom stereocenters. The van der Waals surface area contributed by atoms with E-state index in [9.17, 15) is 0 Å². The third-order valence-corrected chi connectivity index (χ3v) is 1.84. The van der Waals surface area contributed by atoms with Gasteiger partial charge in [0.25, 0.3) is 0 Å². The molecule has 0 spiro atoms. The van der Waals surface area contributed by atoms with Crippen molar-refractivity contribution in [3.8, 4) is 5.75 Å². The molecular weight excluding hydrogens is 178 g/mol. The second-order valence-electron chi connectivity index (χ2n) is 2.93. The van der Waals surface area contributed by atoms with E-state index < -0.39 is 0 Å². The summed E-state index contributed by atoms with van der Waals surface area (Å²) in [5, 5.41) is 11.9. The first-order valence-electron chi connectivity index (χ1n) is 4.95. The molecule has 0 saturated heterocycles. The molecule has 0 aliphatic carbocycles. The fourth-order valence-corrected chi connectivity index (χ4v) is 1.20.